The predicted molar refractivity (Wildman–Crippen MR) is 86.2 cm³/mol. The maximum Gasteiger partial charge on any atom is 0.00754 e. The third-order valence-corrected chi connectivity index (χ3v) is 4.14. The van der Waals surface area contributed by atoms with E-state index in [4.69, 9.17) is 11.5 Å². The van der Waals surface area contributed by atoms with E-state index < -0.39 is 0 Å². The Labute approximate surface area is 121 Å². The van der Waals surface area contributed by atoms with E-state index in [2.05, 4.69) is 46.4 Å². The minimum Gasteiger partial charge on any atom is -0.330 e. The van der Waals surface area contributed by atoms with Crippen LogP contribution in [0.2, 0.25) is 0 Å². The second-order valence-corrected chi connectivity index (χ2v) is 6.65. The molecule has 0 bridgehead atoms. The molecule has 3 heteroatoms. The standard InChI is InChI=1S/C16H37N3/c1-12(2)19(13(3)4)15(6)11-14(5)16(18)9-7-8-10-17/h12-16H,7-11,17-18H2,1-6H3. The molecule has 0 amide bonds. The second kappa shape index (κ2) is 9.73. The highest BCUT2D eigenvalue weighted by Crippen LogP contribution is 2.20. The molecule has 3 nitrogen and oxygen atoms in total. The first-order valence-electron chi connectivity index (χ1n) is 8.04. The molecule has 0 rings (SSSR count). The summed E-state index contributed by atoms with van der Waals surface area (Å²) in [5, 5.41) is 0. The first kappa shape index (κ1) is 18.9. The minimum atomic E-state index is 0.315. The molecule has 19 heavy (non-hydrogen) atoms. The first-order valence-corrected chi connectivity index (χ1v) is 8.04. The van der Waals surface area contributed by atoms with Crippen LogP contribution in [0.25, 0.3) is 0 Å². The van der Waals surface area contributed by atoms with Gasteiger partial charge in [0.05, 0.1) is 0 Å². The van der Waals surface area contributed by atoms with Crippen molar-refractivity contribution in [3.63, 3.8) is 0 Å². The number of hydrogen-bond donors (Lipinski definition) is 2. The van der Waals surface area contributed by atoms with Gasteiger partial charge < -0.3 is 11.5 Å². The molecule has 0 aliphatic heterocycles. The highest BCUT2D eigenvalue weighted by Gasteiger charge is 2.23. The zero-order valence-corrected chi connectivity index (χ0v) is 14.0. The zero-order valence-electron chi connectivity index (χ0n) is 14.0. The third-order valence-electron chi connectivity index (χ3n) is 4.14. The van der Waals surface area contributed by atoms with E-state index in [1.165, 1.54) is 6.42 Å². The number of hydrogen-bond acceptors (Lipinski definition) is 3. The van der Waals surface area contributed by atoms with Crippen LogP contribution < -0.4 is 11.5 Å². The lowest BCUT2D eigenvalue weighted by Crippen LogP contribution is -2.45. The van der Waals surface area contributed by atoms with Gasteiger partial charge in [0.1, 0.15) is 0 Å². The van der Waals surface area contributed by atoms with Crippen molar-refractivity contribution in [1.29, 1.82) is 0 Å². The van der Waals surface area contributed by atoms with E-state index in [0.29, 0.717) is 30.1 Å². The van der Waals surface area contributed by atoms with Gasteiger partial charge in [-0.05, 0) is 66.3 Å². The molecule has 0 aromatic rings. The molecule has 0 aliphatic carbocycles. The van der Waals surface area contributed by atoms with Gasteiger partial charge in [-0.1, -0.05) is 13.3 Å². The van der Waals surface area contributed by atoms with Gasteiger partial charge in [0.15, 0.2) is 0 Å². The smallest absolute Gasteiger partial charge is 0.00754 e. The Kier molecular flexibility index (Phi) is 9.67. The first-order chi connectivity index (χ1) is 8.81. The van der Waals surface area contributed by atoms with Crippen molar-refractivity contribution in [1.82, 2.24) is 4.90 Å². The Morgan fingerprint density at radius 1 is 0.895 bits per heavy atom. The number of unbranched alkanes of at least 4 members (excludes halogenated alkanes) is 1. The minimum absolute atomic E-state index is 0.315. The Hall–Kier alpha value is -0.120. The van der Waals surface area contributed by atoms with Crippen molar-refractivity contribution in [2.24, 2.45) is 17.4 Å². The van der Waals surface area contributed by atoms with Crippen LogP contribution in [0, 0.1) is 5.92 Å². The number of nitrogens with zero attached hydrogens (tertiary/aromatic N) is 1. The molecule has 0 heterocycles. The SMILES string of the molecule is CC(CC(C)N(C(C)C)C(C)C)C(N)CCCCN. The van der Waals surface area contributed by atoms with Crippen LogP contribution >= 0.6 is 0 Å². The molecule has 0 saturated carbocycles. The molecule has 116 valence electrons. The summed E-state index contributed by atoms with van der Waals surface area (Å²) >= 11 is 0. The van der Waals surface area contributed by atoms with E-state index in [1.807, 2.05) is 0 Å². The number of nitrogens with two attached hydrogens (primary N) is 2. The molecule has 0 aliphatic rings. The average molecular weight is 271 g/mol. The quantitative estimate of drug-likeness (QED) is 0.601. The van der Waals surface area contributed by atoms with E-state index in [9.17, 15) is 0 Å². The van der Waals surface area contributed by atoms with Gasteiger partial charge in [0.2, 0.25) is 0 Å². The van der Waals surface area contributed by atoms with Crippen molar-refractivity contribution in [3.8, 4) is 0 Å². The monoisotopic (exact) mass is 271 g/mol. The molecular formula is C16H37N3. The molecule has 0 spiro atoms. The summed E-state index contributed by atoms with van der Waals surface area (Å²) in [5.41, 5.74) is 11.8. The van der Waals surface area contributed by atoms with Crippen LogP contribution in [-0.2, 0) is 0 Å². The summed E-state index contributed by atoms with van der Waals surface area (Å²) in [4.78, 5) is 2.59. The Morgan fingerprint density at radius 3 is 1.84 bits per heavy atom. The molecular weight excluding hydrogens is 234 g/mol. The van der Waals surface area contributed by atoms with E-state index in [-0.39, 0.29) is 0 Å². The van der Waals surface area contributed by atoms with Crippen LogP contribution in [0.3, 0.4) is 0 Å². The van der Waals surface area contributed by atoms with Gasteiger partial charge in [0.25, 0.3) is 0 Å². The summed E-state index contributed by atoms with van der Waals surface area (Å²) in [7, 11) is 0. The summed E-state index contributed by atoms with van der Waals surface area (Å²) in [6.07, 6.45) is 4.54. The summed E-state index contributed by atoms with van der Waals surface area (Å²) in [5.74, 6) is 0.577. The van der Waals surface area contributed by atoms with Crippen molar-refractivity contribution in [2.45, 2.75) is 91.4 Å². The Morgan fingerprint density at radius 2 is 1.42 bits per heavy atom. The molecule has 3 unspecified atom stereocenters. The van der Waals surface area contributed by atoms with E-state index in [1.54, 1.807) is 0 Å². The molecule has 4 N–H and O–H groups in total. The molecule has 3 atom stereocenters. The van der Waals surface area contributed by atoms with Crippen LogP contribution in [0.15, 0.2) is 0 Å². The van der Waals surface area contributed by atoms with Crippen LogP contribution in [0.1, 0.15) is 67.2 Å². The fourth-order valence-electron chi connectivity index (χ4n) is 3.26. The molecule has 0 saturated heterocycles. The van der Waals surface area contributed by atoms with Gasteiger partial charge in [-0.25, -0.2) is 0 Å². The highest BCUT2D eigenvalue weighted by molar-refractivity contribution is 4.79. The zero-order chi connectivity index (χ0) is 15.0. The second-order valence-electron chi connectivity index (χ2n) is 6.65. The third kappa shape index (κ3) is 7.28. The van der Waals surface area contributed by atoms with Crippen molar-refractivity contribution < 1.29 is 0 Å². The molecule has 0 radical (unpaired) electrons. The lowest BCUT2D eigenvalue weighted by atomic mass is 9.90. The van der Waals surface area contributed by atoms with Gasteiger partial charge in [0, 0.05) is 24.2 Å². The van der Waals surface area contributed by atoms with Gasteiger partial charge >= 0.3 is 0 Å². The summed E-state index contributed by atoms with van der Waals surface area (Å²) < 4.78 is 0. The maximum absolute atomic E-state index is 6.30. The molecule has 0 fully saturated rings. The van der Waals surface area contributed by atoms with Crippen molar-refractivity contribution >= 4 is 0 Å². The summed E-state index contributed by atoms with van der Waals surface area (Å²) in [6, 6.07) is 2.09. The van der Waals surface area contributed by atoms with Gasteiger partial charge in [-0.3, -0.25) is 4.90 Å². The molecule has 0 aromatic heterocycles. The average Bonchev–Trinajstić information content (AvgIpc) is 2.27. The number of rotatable bonds is 10. The van der Waals surface area contributed by atoms with Crippen LogP contribution in [0.4, 0.5) is 0 Å². The normalized spacial score (nSPS) is 17.2. The lowest BCUT2D eigenvalue weighted by molar-refractivity contribution is 0.103. The fourth-order valence-corrected chi connectivity index (χ4v) is 3.26. The Bertz CT molecular complexity index is 208. The van der Waals surface area contributed by atoms with Gasteiger partial charge in [-0.15, -0.1) is 0 Å². The topological polar surface area (TPSA) is 55.3 Å². The van der Waals surface area contributed by atoms with Crippen LogP contribution in [0.5, 0.6) is 0 Å². The Balaban J connectivity index is 4.24. The van der Waals surface area contributed by atoms with Gasteiger partial charge in [-0.2, -0.15) is 0 Å². The van der Waals surface area contributed by atoms with E-state index in [0.717, 1.165) is 25.8 Å². The lowest BCUT2D eigenvalue weighted by Gasteiger charge is -2.38. The van der Waals surface area contributed by atoms with E-state index >= 15 is 0 Å². The maximum atomic E-state index is 6.30. The fraction of sp³-hybridized carbons (Fsp3) is 1.00. The molecule has 0 aromatic carbocycles. The van der Waals surface area contributed by atoms with Crippen LogP contribution in [-0.4, -0.2) is 35.6 Å². The van der Waals surface area contributed by atoms with Crippen molar-refractivity contribution in [3.05, 3.63) is 0 Å². The predicted octanol–water partition coefficient (Wildman–Crippen LogP) is 2.98. The summed E-state index contributed by atoms with van der Waals surface area (Å²) in [6.45, 7) is 14.5. The van der Waals surface area contributed by atoms with Crippen molar-refractivity contribution in [2.75, 3.05) is 6.54 Å². The largest absolute Gasteiger partial charge is 0.330 e. The highest BCUT2D eigenvalue weighted by atomic mass is 15.2.